The van der Waals surface area contributed by atoms with Crippen LogP contribution in [0.5, 0.6) is 0 Å². The van der Waals surface area contributed by atoms with E-state index in [2.05, 4.69) is 35.4 Å². The van der Waals surface area contributed by atoms with Crippen molar-refractivity contribution in [3.8, 4) is 0 Å². The van der Waals surface area contributed by atoms with Gasteiger partial charge >= 0.3 is 6.18 Å². The summed E-state index contributed by atoms with van der Waals surface area (Å²) in [6, 6.07) is 10.4. The van der Waals surface area contributed by atoms with Crippen molar-refractivity contribution in [3.63, 3.8) is 0 Å². The number of hydrogen-bond acceptors (Lipinski definition) is 8. The molecule has 0 amide bonds. The summed E-state index contributed by atoms with van der Waals surface area (Å²) >= 11 is 0. The lowest BCUT2D eigenvalue weighted by atomic mass is 10.2. The Morgan fingerprint density at radius 2 is 2.00 bits per heavy atom. The van der Waals surface area contributed by atoms with Crippen LogP contribution in [0, 0.1) is 6.92 Å². The lowest BCUT2D eigenvalue weighted by Gasteiger charge is -2.32. The van der Waals surface area contributed by atoms with Crippen LogP contribution in [0.2, 0.25) is 0 Å². The minimum absolute atomic E-state index is 0.131. The molecule has 11 heteroatoms. The molecule has 0 spiro atoms. The molecule has 34 heavy (non-hydrogen) atoms. The molecule has 8 nitrogen and oxygen atoms in total. The van der Waals surface area contributed by atoms with E-state index in [1.54, 1.807) is 18.2 Å². The maximum Gasteiger partial charge on any atom is 0.416 e. The SMILES string of the molecule is Cc1cc(N2CCOC(C)C2)nc(N=NCc2ccc(Nc3cccc(C(F)(F)F)c3)cn2)n1. The predicted octanol–water partition coefficient (Wildman–Crippen LogP) is 5.45. The lowest BCUT2D eigenvalue weighted by Crippen LogP contribution is -2.41. The summed E-state index contributed by atoms with van der Waals surface area (Å²) in [6.45, 7) is 6.26. The summed E-state index contributed by atoms with van der Waals surface area (Å²) < 4.78 is 44.2. The summed E-state index contributed by atoms with van der Waals surface area (Å²) in [5.41, 5.74) is 1.61. The van der Waals surface area contributed by atoms with Gasteiger partial charge in [0.15, 0.2) is 0 Å². The molecule has 0 radical (unpaired) electrons. The smallest absolute Gasteiger partial charge is 0.375 e. The molecule has 1 aromatic carbocycles. The highest BCUT2D eigenvalue weighted by Gasteiger charge is 2.30. The molecule has 3 heterocycles. The standard InChI is InChI=1S/C23H24F3N7O/c1-15-10-21(33-8-9-34-16(2)14-33)31-22(29-15)32-28-13-19-6-7-20(12-27-19)30-18-5-3-4-17(11-18)23(24,25)26/h3-7,10-12,16,30H,8-9,13-14H2,1-2H3. The molecule has 3 aromatic rings. The second-order valence-corrected chi connectivity index (χ2v) is 7.94. The number of anilines is 3. The summed E-state index contributed by atoms with van der Waals surface area (Å²) in [4.78, 5) is 15.3. The zero-order valence-electron chi connectivity index (χ0n) is 18.8. The van der Waals surface area contributed by atoms with Crippen molar-refractivity contribution in [2.75, 3.05) is 29.9 Å². The highest BCUT2D eigenvalue weighted by molar-refractivity contribution is 5.59. The van der Waals surface area contributed by atoms with Crippen molar-refractivity contribution in [2.45, 2.75) is 32.7 Å². The summed E-state index contributed by atoms with van der Waals surface area (Å²) in [5.74, 6) is 1.07. The van der Waals surface area contributed by atoms with Crippen LogP contribution in [0.15, 0.2) is 58.9 Å². The Bertz CT molecular complexity index is 1150. The first kappa shape index (κ1) is 23.6. The fraction of sp³-hybridized carbons (Fsp3) is 0.348. The number of halogens is 3. The molecule has 1 fully saturated rings. The minimum Gasteiger partial charge on any atom is -0.375 e. The molecule has 1 aliphatic rings. The van der Waals surface area contributed by atoms with Gasteiger partial charge in [0.25, 0.3) is 5.95 Å². The van der Waals surface area contributed by atoms with Crippen LogP contribution in [0.3, 0.4) is 0 Å². The number of aromatic nitrogens is 3. The van der Waals surface area contributed by atoms with E-state index in [4.69, 9.17) is 4.74 Å². The van der Waals surface area contributed by atoms with Crippen molar-refractivity contribution in [1.82, 2.24) is 15.0 Å². The number of benzene rings is 1. The van der Waals surface area contributed by atoms with Gasteiger partial charge < -0.3 is 15.0 Å². The first-order valence-corrected chi connectivity index (χ1v) is 10.8. The van der Waals surface area contributed by atoms with E-state index < -0.39 is 11.7 Å². The van der Waals surface area contributed by atoms with Crippen molar-refractivity contribution in [3.05, 3.63) is 65.6 Å². The monoisotopic (exact) mass is 471 g/mol. The van der Waals surface area contributed by atoms with Crippen LogP contribution in [0.4, 0.5) is 36.3 Å². The number of nitrogens with zero attached hydrogens (tertiary/aromatic N) is 6. The van der Waals surface area contributed by atoms with Crippen LogP contribution in [0.25, 0.3) is 0 Å². The van der Waals surface area contributed by atoms with E-state index in [1.807, 2.05) is 19.9 Å². The first-order chi connectivity index (χ1) is 16.3. The Labute approximate surface area is 194 Å². The van der Waals surface area contributed by atoms with Crippen molar-refractivity contribution in [2.24, 2.45) is 10.2 Å². The Morgan fingerprint density at radius 3 is 2.74 bits per heavy atom. The van der Waals surface area contributed by atoms with Gasteiger partial charge in [0, 0.05) is 30.5 Å². The molecule has 1 N–H and O–H groups in total. The van der Waals surface area contributed by atoms with Crippen molar-refractivity contribution >= 4 is 23.1 Å². The van der Waals surface area contributed by atoms with E-state index in [-0.39, 0.29) is 18.6 Å². The van der Waals surface area contributed by atoms with Gasteiger partial charge in [0.05, 0.1) is 35.9 Å². The predicted molar refractivity (Wildman–Crippen MR) is 122 cm³/mol. The third kappa shape index (κ3) is 6.25. The zero-order valence-corrected chi connectivity index (χ0v) is 18.8. The number of aryl methyl sites for hydroxylation is 1. The van der Waals surface area contributed by atoms with Gasteiger partial charge in [-0.15, -0.1) is 5.11 Å². The molecule has 1 saturated heterocycles. The quantitative estimate of drug-likeness (QED) is 0.481. The first-order valence-electron chi connectivity index (χ1n) is 10.8. The number of pyridine rings is 1. The van der Waals surface area contributed by atoms with Crippen LogP contribution >= 0.6 is 0 Å². The van der Waals surface area contributed by atoms with Crippen LogP contribution in [0.1, 0.15) is 23.9 Å². The topological polar surface area (TPSA) is 87.9 Å². The Hall–Kier alpha value is -3.60. The molecule has 178 valence electrons. The van der Waals surface area contributed by atoms with E-state index in [9.17, 15) is 13.2 Å². The number of azo groups is 1. The molecule has 0 saturated carbocycles. The minimum atomic E-state index is -4.40. The van der Waals surface area contributed by atoms with E-state index in [0.717, 1.165) is 36.7 Å². The number of rotatable bonds is 6. The van der Waals surface area contributed by atoms with Gasteiger partial charge in [0.2, 0.25) is 0 Å². The molecule has 1 unspecified atom stereocenters. The second-order valence-electron chi connectivity index (χ2n) is 7.94. The number of alkyl halides is 3. The molecular formula is C23H24F3N7O. The van der Waals surface area contributed by atoms with Gasteiger partial charge in [-0.1, -0.05) is 6.07 Å². The number of hydrogen-bond donors (Lipinski definition) is 1. The molecule has 0 bridgehead atoms. The molecule has 0 aliphatic carbocycles. The van der Waals surface area contributed by atoms with Crippen LogP contribution in [-0.4, -0.2) is 40.8 Å². The number of ether oxygens (including phenoxy) is 1. The molecule has 2 aromatic heterocycles. The third-order valence-electron chi connectivity index (χ3n) is 5.09. The van der Waals surface area contributed by atoms with Gasteiger partial charge in [-0.2, -0.15) is 23.3 Å². The maximum atomic E-state index is 12.9. The molecule has 4 rings (SSSR count). The average molecular weight is 471 g/mol. The van der Waals surface area contributed by atoms with E-state index in [0.29, 0.717) is 23.7 Å². The number of nitrogens with one attached hydrogen (secondary N) is 1. The summed E-state index contributed by atoms with van der Waals surface area (Å²) in [7, 11) is 0. The fourth-order valence-corrected chi connectivity index (χ4v) is 3.47. The largest absolute Gasteiger partial charge is 0.416 e. The normalized spacial score (nSPS) is 16.7. The fourth-order valence-electron chi connectivity index (χ4n) is 3.47. The lowest BCUT2D eigenvalue weighted by molar-refractivity contribution is -0.137. The summed E-state index contributed by atoms with van der Waals surface area (Å²) in [5, 5.41) is 11.2. The van der Waals surface area contributed by atoms with Crippen molar-refractivity contribution < 1.29 is 17.9 Å². The summed E-state index contributed by atoms with van der Waals surface area (Å²) in [6.07, 6.45) is -2.73. The van der Waals surface area contributed by atoms with Crippen molar-refractivity contribution in [1.29, 1.82) is 0 Å². The second kappa shape index (κ2) is 10.1. The highest BCUT2D eigenvalue weighted by Crippen LogP contribution is 2.31. The zero-order chi connectivity index (χ0) is 24.1. The number of morpholine rings is 1. The Kier molecular flexibility index (Phi) is 7.01. The van der Waals surface area contributed by atoms with Gasteiger partial charge in [0.1, 0.15) is 12.4 Å². The molecule has 1 atom stereocenters. The highest BCUT2D eigenvalue weighted by atomic mass is 19.4. The van der Waals surface area contributed by atoms with Gasteiger partial charge in [-0.3, -0.25) is 4.98 Å². The molecule has 1 aliphatic heterocycles. The van der Waals surface area contributed by atoms with Crippen LogP contribution < -0.4 is 10.2 Å². The Morgan fingerprint density at radius 1 is 1.15 bits per heavy atom. The average Bonchev–Trinajstić information content (AvgIpc) is 2.80. The van der Waals surface area contributed by atoms with E-state index >= 15 is 0 Å². The van der Waals surface area contributed by atoms with Gasteiger partial charge in [-0.05, 0) is 44.2 Å². The van der Waals surface area contributed by atoms with Gasteiger partial charge in [-0.25, -0.2) is 4.98 Å². The Balaban J connectivity index is 1.38. The molecular weight excluding hydrogens is 447 g/mol. The maximum absolute atomic E-state index is 12.9. The van der Waals surface area contributed by atoms with Crippen LogP contribution in [-0.2, 0) is 17.5 Å². The third-order valence-corrected chi connectivity index (χ3v) is 5.09. The van der Waals surface area contributed by atoms with E-state index in [1.165, 1.54) is 12.3 Å².